The van der Waals surface area contributed by atoms with Gasteiger partial charge in [-0.3, -0.25) is 15.0 Å². The fourth-order valence-corrected chi connectivity index (χ4v) is 4.87. The van der Waals surface area contributed by atoms with Crippen molar-refractivity contribution in [3.8, 4) is 0 Å². The molecular weight excluding hydrogens is 390 g/mol. The van der Waals surface area contributed by atoms with Crippen molar-refractivity contribution < 1.29 is 13.3 Å². The molecule has 7 nitrogen and oxygen atoms in total. The Morgan fingerprint density at radius 3 is 2.17 bits per heavy atom. The van der Waals surface area contributed by atoms with Gasteiger partial charge in [-0.1, -0.05) is 51.1 Å². The van der Waals surface area contributed by atoms with E-state index in [0.717, 1.165) is 12.6 Å². The van der Waals surface area contributed by atoms with Gasteiger partial charge in [0.1, 0.15) is 0 Å². The molecule has 1 saturated heterocycles. The zero-order valence-corrected chi connectivity index (χ0v) is 17.9. The van der Waals surface area contributed by atoms with Crippen LogP contribution in [0, 0.1) is 10.1 Å². The van der Waals surface area contributed by atoms with Gasteiger partial charge in [-0.15, -0.1) is 0 Å². The van der Waals surface area contributed by atoms with E-state index in [2.05, 4.69) is 49.9 Å². The van der Waals surface area contributed by atoms with Crippen molar-refractivity contribution in [1.82, 2.24) is 9.21 Å². The van der Waals surface area contributed by atoms with Gasteiger partial charge < -0.3 is 0 Å². The maximum absolute atomic E-state index is 12.8. The number of benzene rings is 2. The minimum Gasteiger partial charge on any atom is -0.296 e. The zero-order chi connectivity index (χ0) is 21.2. The number of nitro benzene ring substituents is 1. The van der Waals surface area contributed by atoms with Crippen LogP contribution in [0.2, 0.25) is 0 Å². The van der Waals surface area contributed by atoms with Gasteiger partial charge in [-0.05, 0) is 22.6 Å². The van der Waals surface area contributed by atoms with Gasteiger partial charge in [0.25, 0.3) is 5.69 Å². The normalized spacial score (nSPS) is 16.7. The van der Waals surface area contributed by atoms with Gasteiger partial charge in [0.15, 0.2) is 0 Å². The zero-order valence-electron chi connectivity index (χ0n) is 17.0. The van der Waals surface area contributed by atoms with Crippen LogP contribution in [-0.2, 0) is 22.0 Å². The quantitative estimate of drug-likeness (QED) is 0.550. The highest BCUT2D eigenvalue weighted by atomic mass is 32.2. The molecular formula is C21H27N3O4S. The molecule has 0 saturated carbocycles. The van der Waals surface area contributed by atoms with E-state index >= 15 is 0 Å². The second kappa shape index (κ2) is 8.22. The molecule has 0 spiro atoms. The Morgan fingerprint density at radius 1 is 1.00 bits per heavy atom. The van der Waals surface area contributed by atoms with Crippen molar-refractivity contribution >= 4 is 15.7 Å². The highest BCUT2D eigenvalue weighted by Gasteiger charge is 2.29. The third-order valence-electron chi connectivity index (χ3n) is 5.22. The summed E-state index contributed by atoms with van der Waals surface area (Å²) in [6, 6.07) is 13.8. The predicted molar refractivity (Wildman–Crippen MR) is 112 cm³/mol. The monoisotopic (exact) mass is 417 g/mol. The molecule has 0 bridgehead atoms. The summed E-state index contributed by atoms with van der Waals surface area (Å²) in [5.41, 5.74) is 2.39. The van der Waals surface area contributed by atoms with E-state index in [1.54, 1.807) is 0 Å². The van der Waals surface area contributed by atoms with Crippen LogP contribution in [0.4, 0.5) is 5.69 Å². The number of hydrogen-bond acceptors (Lipinski definition) is 5. The number of sulfonamides is 1. The lowest BCUT2D eigenvalue weighted by molar-refractivity contribution is -0.385. The van der Waals surface area contributed by atoms with Crippen LogP contribution in [0.15, 0.2) is 53.4 Å². The van der Waals surface area contributed by atoms with Crippen molar-refractivity contribution in [2.24, 2.45) is 0 Å². The molecule has 0 aromatic heterocycles. The number of piperazine rings is 1. The molecule has 0 radical (unpaired) electrons. The van der Waals surface area contributed by atoms with Crippen LogP contribution in [0.5, 0.6) is 0 Å². The molecule has 0 amide bonds. The Balaban J connectivity index is 1.63. The van der Waals surface area contributed by atoms with E-state index in [9.17, 15) is 18.5 Å². The fraction of sp³-hybridized carbons (Fsp3) is 0.429. The maximum atomic E-state index is 12.8. The Bertz CT molecular complexity index is 974. The largest absolute Gasteiger partial charge is 0.296 e. The molecule has 29 heavy (non-hydrogen) atoms. The van der Waals surface area contributed by atoms with Crippen molar-refractivity contribution in [3.05, 3.63) is 69.8 Å². The second-order valence-corrected chi connectivity index (χ2v) is 10.3. The first-order chi connectivity index (χ1) is 13.6. The number of hydrogen-bond donors (Lipinski definition) is 0. The van der Waals surface area contributed by atoms with Gasteiger partial charge in [0.05, 0.1) is 9.82 Å². The SMILES string of the molecule is CC(C)(C)c1ccc(CN2CCN(S(=O)(=O)c3cccc([N+](=O)[O-])c3)CC2)cc1. The smallest absolute Gasteiger partial charge is 0.270 e. The summed E-state index contributed by atoms with van der Waals surface area (Å²) in [7, 11) is -3.73. The van der Waals surface area contributed by atoms with Crippen molar-refractivity contribution in [2.75, 3.05) is 26.2 Å². The van der Waals surface area contributed by atoms with Crippen LogP contribution in [0.25, 0.3) is 0 Å². The molecule has 2 aromatic carbocycles. The Hall–Kier alpha value is -2.29. The average molecular weight is 418 g/mol. The van der Waals surface area contributed by atoms with Gasteiger partial charge in [-0.2, -0.15) is 4.31 Å². The third kappa shape index (κ3) is 5.01. The second-order valence-electron chi connectivity index (χ2n) is 8.38. The molecule has 3 rings (SSSR count). The van der Waals surface area contributed by atoms with E-state index < -0.39 is 14.9 Å². The average Bonchev–Trinajstić information content (AvgIpc) is 2.68. The molecule has 8 heteroatoms. The first-order valence-corrected chi connectivity index (χ1v) is 11.1. The lowest BCUT2D eigenvalue weighted by atomic mass is 9.87. The van der Waals surface area contributed by atoms with Gasteiger partial charge >= 0.3 is 0 Å². The molecule has 0 atom stereocenters. The third-order valence-corrected chi connectivity index (χ3v) is 7.12. The summed E-state index contributed by atoms with van der Waals surface area (Å²) in [5, 5.41) is 10.9. The topological polar surface area (TPSA) is 83.8 Å². The molecule has 0 N–H and O–H groups in total. The number of nitro groups is 1. The number of rotatable bonds is 5. The van der Waals surface area contributed by atoms with E-state index in [0.29, 0.717) is 26.2 Å². The Labute approximate surface area is 172 Å². The standard InChI is InChI=1S/C21H27N3O4S/c1-21(2,3)18-9-7-17(8-10-18)16-22-11-13-23(14-12-22)29(27,28)20-6-4-5-19(15-20)24(25)26/h4-10,15H,11-14,16H2,1-3H3. The molecule has 0 aliphatic carbocycles. The molecule has 1 aliphatic heterocycles. The molecule has 0 unspecified atom stereocenters. The summed E-state index contributed by atoms with van der Waals surface area (Å²) in [4.78, 5) is 12.6. The summed E-state index contributed by atoms with van der Waals surface area (Å²) >= 11 is 0. The minimum atomic E-state index is -3.73. The van der Waals surface area contributed by atoms with Crippen LogP contribution in [-0.4, -0.2) is 48.7 Å². The molecule has 1 fully saturated rings. The molecule has 2 aromatic rings. The van der Waals surface area contributed by atoms with Gasteiger partial charge in [-0.25, -0.2) is 8.42 Å². The predicted octanol–water partition coefficient (Wildman–Crippen LogP) is 3.40. The highest BCUT2D eigenvalue weighted by Crippen LogP contribution is 2.24. The fourth-order valence-electron chi connectivity index (χ4n) is 3.40. The maximum Gasteiger partial charge on any atom is 0.270 e. The van der Waals surface area contributed by atoms with Crippen LogP contribution < -0.4 is 0 Å². The van der Waals surface area contributed by atoms with E-state index in [-0.39, 0.29) is 16.0 Å². The summed E-state index contributed by atoms with van der Waals surface area (Å²) in [6.45, 7) is 9.30. The van der Waals surface area contributed by atoms with E-state index in [4.69, 9.17) is 0 Å². The van der Waals surface area contributed by atoms with Gasteiger partial charge in [0, 0.05) is 44.9 Å². The lowest BCUT2D eigenvalue weighted by Gasteiger charge is -2.34. The highest BCUT2D eigenvalue weighted by molar-refractivity contribution is 7.89. The first-order valence-electron chi connectivity index (χ1n) is 9.64. The Kier molecular flexibility index (Phi) is 6.07. The van der Waals surface area contributed by atoms with Crippen LogP contribution in [0.1, 0.15) is 31.9 Å². The van der Waals surface area contributed by atoms with Gasteiger partial charge in [0.2, 0.25) is 10.0 Å². The number of nitrogens with zero attached hydrogens (tertiary/aromatic N) is 3. The first kappa shape index (κ1) is 21.4. The molecule has 1 aliphatic rings. The summed E-state index contributed by atoms with van der Waals surface area (Å²) in [5.74, 6) is 0. The lowest BCUT2D eigenvalue weighted by Crippen LogP contribution is -2.48. The van der Waals surface area contributed by atoms with Crippen molar-refractivity contribution in [1.29, 1.82) is 0 Å². The summed E-state index contributed by atoms with van der Waals surface area (Å²) < 4.78 is 27.1. The van der Waals surface area contributed by atoms with Crippen molar-refractivity contribution in [3.63, 3.8) is 0 Å². The minimum absolute atomic E-state index is 0.0297. The van der Waals surface area contributed by atoms with Crippen molar-refractivity contribution in [2.45, 2.75) is 37.6 Å². The van der Waals surface area contributed by atoms with E-state index in [1.165, 1.54) is 33.6 Å². The molecule has 1 heterocycles. The van der Waals surface area contributed by atoms with Crippen LogP contribution in [0.3, 0.4) is 0 Å². The number of non-ortho nitro benzene ring substituents is 1. The Morgan fingerprint density at radius 2 is 1.62 bits per heavy atom. The molecule has 156 valence electrons. The van der Waals surface area contributed by atoms with E-state index in [1.807, 2.05) is 0 Å². The van der Waals surface area contributed by atoms with Crippen LogP contribution >= 0.6 is 0 Å². The summed E-state index contributed by atoms with van der Waals surface area (Å²) in [6.07, 6.45) is 0.